The lowest BCUT2D eigenvalue weighted by Gasteiger charge is -2.02. The van der Waals surface area contributed by atoms with Crippen molar-refractivity contribution in [1.29, 1.82) is 0 Å². The Morgan fingerprint density at radius 3 is 3.08 bits per heavy atom. The minimum absolute atomic E-state index is 0.346. The van der Waals surface area contributed by atoms with Crippen molar-refractivity contribution in [2.24, 2.45) is 0 Å². The summed E-state index contributed by atoms with van der Waals surface area (Å²) in [5, 5.41) is 7.55. The van der Waals surface area contributed by atoms with Crippen molar-refractivity contribution in [2.75, 3.05) is 11.5 Å². The molecule has 0 aliphatic heterocycles. The summed E-state index contributed by atoms with van der Waals surface area (Å²) in [6.45, 7) is 2.58. The molecule has 0 amide bonds. The predicted octanol–water partition coefficient (Wildman–Crippen LogP) is 0.786. The van der Waals surface area contributed by atoms with Crippen molar-refractivity contribution >= 4 is 22.4 Å². The van der Waals surface area contributed by atoms with Gasteiger partial charge in [-0.25, -0.2) is 0 Å². The van der Waals surface area contributed by atoms with E-state index >= 15 is 0 Å². The number of rotatable bonds is 5. The van der Waals surface area contributed by atoms with Crippen LogP contribution >= 0.6 is 11.6 Å². The summed E-state index contributed by atoms with van der Waals surface area (Å²) in [5.74, 6) is 2.41. The lowest BCUT2D eigenvalue weighted by molar-refractivity contribution is 0.669. The van der Waals surface area contributed by atoms with Crippen molar-refractivity contribution in [3.63, 3.8) is 0 Å². The molecule has 0 aliphatic rings. The fraction of sp³-hybridized carbons (Fsp3) is 0.714. The first-order valence-electron chi connectivity index (χ1n) is 4.05. The van der Waals surface area contributed by atoms with Gasteiger partial charge in [-0.3, -0.25) is 4.21 Å². The molecule has 1 aromatic heterocycles. The highest BCUT2D eigenvalue weighted by molar-refractivity contribution is 7.84. The van der Waals surface area contributed by atoms with Gasteiger partial charge in [-0.1, -0.05) is 6.92 Å². The predicted molar refractivity (Wildman–Crippen MR) is 53.1 cm³/mol. The Labute approximate surface area is 84.8 Å². The van der Waals surface area contributed by atoms with Gasteiger partial charge in [0.25, 0.3) is 0 Å². The van der Waals surface area contributed by atoms with E-state index in [0.29, 0.717) is 23.9 Å². The van der Waals surface area contributed by atoms with Crippen LogP contribution < -0.4 is 0 Å². The maximum Gasteiger partial charge on any atom is 0.147 e. The molecule has 4 nitrogen and oxygen atoms in total. The first-order chi connectivity index (χ1) is 6.27. The molecule has 1 aromatic rings. The zero-order valence-electron chi connectivity index (χ0n) is 7.44. The van der Waals surface area contributed by atoms with E-state index in [0.717, 1.165) is 5.82 Å². The van der Waals surface area contributed by atoms with Gasteiger partial charge < -0.3 is 4.57 Å². The number of alkyl halides is 1. The van der Waals surface area contributed by atoms with Crippen LogP contribution in [0.1, 0.15) is 12.7 Å². The number of hydrogen-bond acceptors (Lipinski definition) is 3. The molecule has 0 aromatic carbocycles. The van der Waals surface area contributed by atoms with Gasteiger partial charge >= 0.3 is 0 Å². The second kappa shape index (κ2) is 5.34. The van der Waals surface area contributed by atoms with Crippen LogP contribution in [-0.4, -0.2) is 30.5 Å². The molecule has 0 spiro atoms. The Hall–Kier alpha value is -0.420. The van der Waals surface area contributed by atoms with Crippen LogP contribution in [-0.2, 0) is 23.2 Å². The van der Waals surface area contributed by atoms with Gasteiger partial charge in [-0.2, -0.15) is 0 Å². The molecule has 0 fully saturated rings. The summed E-state index contributed by atoms with van der Waals surface area (Å²) in [7, 11) is -0.741. The van der Waals surface area contributed by atoms with Crippen LogP contribution in [0.5, 0.6) is 0 Å². The third kappa shape index (κ3) is 3.08. The highest BCUT2D eigenvalue weighted by atomic mass is 35.5. The Balaban J connectivity index is 2.49. The first-order valence-corrected chi connectivity index (χ1v) is 6.07. The molecule has 0 saturated heterocycles. The summed E-state index contributed by atoms with van der Waals surface area (Å²) >= 11 is 5.62. The van der Waals surface area contributed by atoms with Crippen molar-refractivity contribution in [1.82, 2.24) is 14.8 Å². The van der Waals surface area contributed by atoms with Crippen LogP contribution in [0.25, 0.3) is 0 Å². The van der Waals surface area contributed by atoms with Crippen LogP contribution in [0.3, 0.4) is 0 Å². The molecule has 1 heterocycles. The molecule has 1 atom stereocenters. The highest BCUT2D eigenvalue weighted by Crippen LogP contribution is 1.99. The van der Waals surface area contributed by atoms with Crippen LogP contribution in [0.2, 0.25) is 0 Å². The maximum absolute atomic E-state index is 11.1. The molecule has 0 saturated carbocycles. The molecular weight excluding hydrogens is 210 g/mol. The van der Waals surface area contributed by atoms with Gasteiger partial charge in [0.05, 0.1) is 5.88 Å². The Kier molecular flexibility index (Phi) is 4.38. The van der Waals surface area contributed by atoms with Gasteiger partial charge in [0.15, 0.2) is 0 Å². The SMILES string of the molecule is CCS(=O)CCn1cnnc1CCl. The molecule has 0 radical (unpaired) electrons. The lowest BCUT2D eigenvalue weighted by Crippen LogP contribution is -2.10. The largest absolute Gasteiger partial charge is 0.316 e. The number of hydrogen-bond donors (Lipinski definition) is 0. The van der Waals surface area contributed by atoms with Crippen molar-refractivity contribution in [3.05, 3.63) is 12.2 Å². The van der Waals surface area contributed by atoms with E-state index in [9.17, 15) is 4.21 Å². The molecule has 74 valence electrons. The summed E-state index contributed by atoms with van der Waals surface area (Å²) < 4.78 is 13.0. The quantitative estimate of drug-likeness (QED) is 0.691. The minimum atomic E-state index is -0.741. The molecule has 13 heavy (non-hydrogen) atoms. The lowest BCUT2D eigenvalue weighted by atomic mass is 10.6. The second-order valence-electron chi connectivity index (χ2n) is 2.51. The standard InChI is InChI=1S/C7H12ClN3OS/c1-2-13(12)4-3-11-6-9-10-7(11)5-8/h6H,2-5H2,1H3. The molecular formula is C7H12ClN3OS. The summed E-state index contributed by atoms with van der Waals surface area (Å²) in [6, 6.07) is 0. The van der Waals surface area contributed by atoms with E-state index in [4.69, 9.17) is 11.6 Å². The zero-order valence-corrected chi connectivity index (χ0v) is 9.01. The number of nitrogens with zero attached hydrogens (tertiary/aromatic N) is 3. The van der Waals surface area contributed by atoms with Crippen molar-refractivity contribution < 1.29 is 4.21 Å². The molecule has 0 bridgehead atoms. The monoisotopic (exact) mass is 221 g/mol. The Morgan fingerprint density at radius 1 is 1.69 bits per heavy atom. The maximum atomic E-state index is 11.1. The van der Waals surface area contributed by atoms with Gasteiger partial charge in [0.2, 0.25) is 0 Å². The van der Waals surface area contributed by atoms with E-state index in [1.165, 1.54) is 0 Å². The summed E-state index contributed by atoms with van der Waals surface area (Å²) in [5.41, 5.74) is 0. The topological polar surface area (TPSA) is 47.8 Å². The summed E-state index contributed by atoms with van der Waals surface area (Å²) in [4.78, 5) is 0. The Morgan fingerprint density at radius 2 is 2.46 bits per heavy atom. The fourth-order valence-corrected chi connectivity index (χ4v) is 1.81. The van der Waals surface area contributed by atoms with E-state index in [2.05, 4.69) is 10.2 Å². The number of aromatic nitrogens is 3. The van der Waals surface area contributed by atoms with Gasteiger partial charge in [0.1, 0.15) is 12.2 Å². The molecule has 1 rings (SSSR count). The molecule has 1 unspecified atom stereocenters. The molecule has 0 N–H and O–H groups in total. The Bertz CT molecular complexity index is 289. The van der Waals surface area contributed by atoms with Crippen molar-refractivity contribution in [3.8, 4) is 0 Å². The third-order valence-corrected chi connectivity index (χ3v) is 3.22. The van der Waals surface area contributed by atoms with E-state index < -0.39 is 10.8 Å². The van der Waals surface area contributed by atoms with E-state index in [1.54, 1.807) is 6.33 Å². The molecule has 6 heteroatoms. The van der Waals surface area contributed by atoms with E-state index in [-0.39, 0.29) is 0 Å². The van der Waals surface area contributed by atoms with Gasteiger partial charge in [0, 0.05) is 28.9 Å². The smallest absolute Gasteiger partial charge is 0.147 e. The zero-order chi connectivity index (χ0) is 9.68. The average molecular weight is 222 g/mol. The first kappa shape index (κ1) is 10.7. The average Bonchev–Trinajstić information content (AvgIpc) is 2.61. The van der Waals surface area contributed by atoms with Crippen LogP contribution in [0, 0.1) is 0 Å². The number of aryl methyl sites for hydroxylation is 1. The van der Waals surface area contributed by atoms with Gasteiger partial charge in [-0.05, 0) is 0 Å². The highest BCUT2D eigenvalue weighted by Gasteiger charge is 2.03. The second-order valence-corrected chi connectivity index (χ2v) is 4.64. The van der Waals surface area contributed by atoms with Crippen molar-refractivity contribution in [2.45, 2.75) is 19.3 Å². The van der Waals surface area contributed by atoms with Crippen LogP contribution in [0.4, 0.5) is 0 Å². The normalized spacial score (nSPS) is 13.1. The third-order valence-electron chi connectivity index (χ3n) is 1.70. The number of halogens is 1. The molecule has 0 aliphatic carbocycles. The summed E-state index contributed by atoms with van der Waals surface area (Å²) in [6.07, 6.45) is 1.62. The fourth-order valence-electron chi connectivity index (χ4n) is 0.914. The minimum Gasteiger partial charge on any atom is -0.316 e. The van der Waals surface area contributed by atoms with E-state index in [1.807, 2.05) is 11.5 Å². The van der Waals surface area contributed by atoms with Gasteiger partial charge in [-0.15, -0.1) is 21.8 Å². The van der Waals surface area contributed by atoms with Crippen LogP contribution in [0.15, 0.2) is 6.33 Å².